The molecule has 3 rings (SSSR count). The van der Waals surface area contributed by atoms with Gasteiger partial charge in [0.05, 0.1) is 12.9 Å². The van der Waals surface area contributed by atoms with Crippen LogP contribution in [-0.2, 0) is 28.7 Å². The van der Waals surface area contributed by atoms with Crippen LogP contribution in [0.2, 0.25) is 0 Å². The molecule has 0 amide bonds. The maximum absolute atomic E-state index is 13.0. The van der Waals surface area contributed by atoms with Crippen molar-refractivity contribution in [3.63, 3.8) is 0 Å². The van der Waals surface area contributed by atoms with Crippen LogP contribution in [-0.4, -0.2) is 30.2 Å². The minimum Gasteiger partial charge on any atom is -0.326 e. The van der Waals surface area contributed by atoms with Crippen molar-refractivity contribution in [3.05, 3.63) is 63.1 Å². The van der Waals surface area contributed by atoms with Crippen LogP contribution >= 0.6 is 8.25 Å². The molecule has 0 aliphatic rings. The lowest BCUT2D eigenvalue weighted by Gasteiger charge is -2.11. The van der Waals surface area contributed by atoms with Crippen molar-refractivity contribution >= 4 is 19.4 Å². The first-order valence-electron chi connectivity index (χ1n) is 11.0. The molecule has 0 spiro atoms. The van der Waals surface area contributed by atoms with Crippen molar-refractivity contribution in [1.29, 1.82) is 0 Å². The highest BCUT2D eigenvalue weighted by Crippen LogP contribution is 2.15. The summed E-state index contributed by atoms with van der Waals surface area (Å²) in [5.41, 5.74) is 1.02. The first-order valence-corrected chi connectivity index (χ1v) is 12.3. The van der Waals surface area contributed by atoms with Gasteiger partial charge < -0.3 is 14.0 Å². The Hall–Kier alpha value is -2.48. The zero-order valence-corrected chi connectivity index (χ0v) is 20.0. The molecule has 0 radical (unpaired) electrons. The third-order valence-corrected chi connectivity index (χ3v) is 5.45. The monoisotopic (exact) mass is 464 g/mol. The number of unbranched alkanes of at least 4 members (excludes halogenated alkanes) is 2. The molecular weight excluding hydrogens is 431 g/mol. The first-order chi connectivity index (χ1) is 15.4. The van der Waals surface area contributed by atoms with E-state index in [0.717, 1.165) is 5.56 Å². The van der Waals surface area contributed by atoms with Crippen molar-refractivity contribution < 1.29 is 14.0 Å². The standard InChI is InChI=1S/C18H23N4O5P.C4H10/c1-2-21-16-15(20(13-19-16)12-14-8-4-3-5-9-14)17(23)22(18(21)24)10-6-7-11-27-28(25)26;1-3-4-2/h3-5,8-9,13,28H,2,6-7,10-12H2,1H3,(H,25,26);3-4H2,1-2H3. The number of nitrogens with zero attached hydrogens (tertiary/aromatic N) is 4. The second-order valence-corrected chi connectivity index (χ2v) is 8.16. The highest BCUT2D eigenvalue weighted by Gasteiger charge is 2.17. The average molecular weight is 465 g/mol. The van der Waals surface area contributed by atoms with Gasteiger partial charge in [0.15, 0.2) is 11.2 Å². The largest absolute Gasteiger partial charge is 0.332 e. The van der Waals surface area contributed by atoms with E-state index in [2.05, 4.69) is 23.4 Å². The minimum atomic E-state index is -2.96. The van der Waals surface area contributed by atoms with Crippen molar-refractivity contribution in [1.82, 2.24) is 18.7 Å². The second-order valence-electron chi connectivity index (χ2n) is 7.34. The van der Waals surface area contributed by atoms with Crippen LogP contribution in [0, 0.1) is 0 Å². The van der Waals surface area contributed by atoms with Crippen LogP contribution in [0.4, 0.5) is 0 Å². The summed E-state index contributed by atoms with van der Waals surface area (Å²) in [6.07, 6.45) is 5.17. The summed E-state index contributed by atoms with van der Waals surface area (Å²) in [4.78, 5) is 38.8. The Labute approximate surface area is 188 Å². The molecule has 1 N–H and O–H groups in total. The summed E-state index contributed by atoms with van der Waals surface area (Å²) in [5, 5.41) is 0. The van der Waals surface area contributed by atoms with Crippen LogP contribution in [0.25, 0.3) is 11.2 Å². The van der Waals surface area contributed by atoms with E-state index >= 15 is 0 Å². The predicted octanol–water partition coefficient (Wildman–Crippen LogP) is 3.41. The minimum absolute atomic E-state index is 0.110. The normalized spacial score (nSPS) is 11.9. The van der Waals surface area contributed by atoms with Crippen molar-refractivity contribution in [2.24, 2.45) is 0 Å². The summed E-state index contributed by atoms with van der Waals surface area (Å²) in [5.74, 6) is 0. The highest BCUT2D eigenvalue weighted by atomic mass is 31.1. The molecule has 1 unspecified atom stereocenters. The number of rotatable bonds is 10. The molecule has 9 nitrogen and oxygen atoms in total. The summed E-state index contributed by atoms with van der Waals surface area (Å²) in [6, 6.07) is 9.71. The van der Waals surface area contributed by atoms with Gasteiger partial charge in [0.2, 0.25) is 0 Å². The van der Waals surface area contributed by atoms with Gasteiger partial charge in [0, 0.05) is 19.6 Å². The van der Waals surface area contributed by atoms with Crippen LogP contribution in [0.15, 0.2) is 46.2 Å². The van der Waals surface area contributed by atoms with Gasteiger partial charge in [-0.15, -0.1) is 0 Å². The van der Waals surface area contributed by atoms with E-state index in [9.17, 15) is 14.2 Å². The van der Waals surface area contributed by atoms with Crippen molar-refractivity contribution in [2.75, 3.05) is 6.61 Å². The Balaban J connectivity index is 0.000000837. The molecule has 0 aliphatic carbocycles. The van der Waals surface area contributed by atoms with E-state index in [0.29, 0.717) is 37.1 Å². The Morgan fingerprint density at radius 3 is 2.31 bits per heavy atom. The Kier molecular flexibility index (Phi) is 10.6. The molecule has 3 aromatic rings. The van der Waals surface area contributed by atoms with Gasteiger partial charge >= 0.3 is 13.9 Å². The highest BCUT2D eigenvalue weighted by molar-refractivity contribution is 7.32. The van der Waals surface area contributed by atoms with E-state index in [1.54, 1.807) is 10.9 Å². The van der Waals surface area contributed by atoms with Crippen LogP contribution in [0.3, 0.4) is 0 Å². The zero-order chi connectivity index (χ0) is 23.5. The first kappa shape index (κ1) is 25.8. The lowest BCUT2D eigenvalue weighted by atomic mass is 10.2. The second kappa shape index (κ2) is 13.2. The summed E-state index contributed by atoms with van der Waals surface area (Å²) in [6.45, 7) is 7.39. The number of hydrogen-bond donors (Lipinski definition) is 1. The molecule has 0 aliphatic heterocycles. The van der Waals surface area contributed by atoms with Crippen LogP contribution in [0.1, 0.15) is 52.0 Å². The van der Waals surface area contributed by atoms with Gasteiger partial charge in [0.1, 0.15) is 0 Å². The third-order valence-electron chi connectivity index (χ3n) is 5.00. The number of aryl methyl sites for hydroxylation is 1. The number of fused-ring (bicyclic) bond motifs is 1. The lowest BCUT2D eigenvalue weighted by molar-refractivity contribution is 0.272. The lowest BCUT2D eigenvalue weighted by Crippen LogP contribution is -2.40. The van der Waals surface area contributed by atoms with E-state index in [-0.39, 0.29) is 18.7 Å². The average Bonchev–Trinajstić information content (AvgIpc) is 3.20. The quantitative estimate of drug-likeness (QED) is 0.364. The molecule has 2 heterocycles. The van der Waals surface area contributed by atoms with Crippen LogP contribution in [0.5, 0.6) is 0 Å². The zero-order valence-electron chi connectivity index (χ0n) is 19.0. The molecular formula is C22H33N4O5P. The smallest absolute Gasteiger partial charge is 0.326 e. The Morgan fingerprint density at radius 2 is 1.72 bits per heavy atom. The fourth-order valence-corrected chi connectivity index (χ4v) is 3.47. The number of benzene rings is 1. The van der Waals surface area contributed by atoms with E-state index < -0.39 is 13.9 Å². The number of aromatic nitrogens is 4. The predicted molar refractivity (Wildman–Crippen MR) is 126 cm³/mol. The van der Waals surface area contributed by atoms with Gasteiger partial charge in [-0.1, -0.05) is 57.0 Å². The fraction of sp³-hybridized carbons (Fsp3) is 0.500. The molecule has 2 aromatic heterocycles. The maximum Gasteiger partial charge on any atom is 0.332 e. The van der Waals surface area contributed by atoms with Crippen molar-refractivity contribution in [2.45, 2.75) is 66.1 Å². The Morgan fingerprint density at radius 1 is 1.03 bits per heavy atom. The summed E-state index contributed by atoms with van der Waals surface area (Å²) >= 11 is 0. The molecule has 32 heavy (non-hydrogen) atoms. The molecule has 0 saturated heterocycles. The van der Waals surface area contributed by atoms with Crippen molar-refractivity contribution in [3.8, 4) is 0 Å². The van der Waals surface area contributed by atoms with E-state index in [4.69, 9.17) is 4.89 Å². The van der Waals surface area contributed by atoms with E-state index in [1.807, 2.05) is 37.3 Å². The maximum atomic E-state index is 13.0. The van der Waals surface area contributed by atoms with Gasteiger partial charge in [-0.3, -0.25) is 18.5 Å². The topological polar surface area (TPSA) is 108 Å². The molecule has 0 fully saturated rings. The molecule has 0 saturated carbocycles. The molecule has 176 valence electrons. The molecule has 1 aromatic carbocycles. The van der Waals surface area contributed by atoms with Crippen LogP contribution < -0.4 is 11.2 Å². The molecule has 0 bridgehead atoms. The summed E-state index contributed by atoms with van der Waals surface area (Å²) in [7, 11) is -2.96. The fourth-order valence-electron chi connectivity index (χ4n) is 3.15. The van der Waals surface area contributed by atoms with E-state index in [1.165, 1.54) is 22.0 Å². The molecule has 1 atom stereocenters. The molecule has 10 heteroatoms. The number of hydrogen-bond acceptors (Lipinski definition) is 5. The third kappa shape index (κ3) is 6.76. The van der Waals surface area contributed by atoms with Gasteiger partial charge in [-0.2, -0.15) is 0 Å². The number of imidazole rings is 1. The summed E-state index contributed by atoms with van der Waals surface area (Å²) < 4.78 is 19.7. The van der Waals surface area contributed by atoms with Gasteiger partial charge in [-0.25, -0.2) is 9.78 Å². The Bertz CT molecular complexity index is 1120. The van der Waals surface area contributed by atoms with Gasteiger partial charge in [-0.05, 0) is 25.3 Å². The van der Waals surface area contributed by atoms with Gasteiger partial charge in [0.25, 0.3) is 5.56 Å². The SMILES string of the molecule is CCCC.CCn1c(=O)n(CCCCO[PH](=O)O)c(=O)c2c1ncn2Cc1ccccc1.